The van der Waals surface area contributed by atoms with Crippen LogP contribution >= 0.6 is 0 Å². The number of nitrogens with zero attached hydrogens (tertiary/aromatic N) is 1. The van der Waals surface area contributed by atoms with Gasteiger partial charge in [0.1, 0.15) is 6.54 Å². The second kappa shape index (κ2) is 5.20. The molecule has 1 rings (SSSR count). The molecule has 1 aliphatic rings. The summed E-state index contributed by atoms with van der Waals surface area (Å²) in [6.45, 7) is -0.263. The van der Waals surface area contributed by atoms with E-state index in [0.717, 1.165) is 0 Å². The van der Waals surface area contributed by atoms with E-state index in [4.69, 9.17) is 11.5 Å². The maximum Gasteiger partial charge on any atom is 0.323 e. The van der Waals surface area contributed by atoms with Crippen molar-refractivity contribution in [2.75, 3.05) is 13.1 Å². The zero-order valence-corrected chi connectivity index (χ0v) is 8.35. The number of hydrogen-bond acceptors (Lipinski definition) is 2. The number of carboxylic acids is 1. The lowest BCUT2D eigenvalue weighted by Gasteiger charge is -2.21. The van der Waals surface area contributed by atoms with E-state index >= 15 is 0 Å². The van der Waals surface area contributed by atoms with Gasteiger partial charge in [-0.15, -0.1) is 6.42 Å². The number of amides is 1. The Bertz CT molecular complexity index is 319. The minimum atomic E-state index is -1.04. The third-order valence-electron chi connectivity index (χ3n) is 2.28. The van der Waals surface area contributed by atoms with Crippen LogP contribution in [0.3, 0.4) is 0 Å². The highest BCUT2D eigenvalue weighted by atomic mass is 16.4. The Kier molecular flexibility index (Phi) is 3.92. The van der Waals surface area contributed by atoms with Gasteiger partial charge >= 0.3 is 5.97 Å². The first-order chi connectivity index (χ1) is 7.15. The Morgan fingerprint density at radius 1 is 1.47 bits per heavy atom. The molecule has 0 bridgehead atoms. The first-order valence-corrected chi connectivity index (χ1v) is 4.74. The van der Waals surface area contributed by atoms with E-state index in [9.17, 15) is 9.59 Å². The molecule has 4 nitrogen and oxygen atoms in total. The topological polar surface area (TPSA) is 57.6 Å². The quantitative estimate of drug-likeness (QED) is 0.539. The van der Waals surface area contributed by atoms with Crippen molar-refractivity contribution in [3.8, 4) is 12.3 Å². The number of hydrogen-bond donors (Lipinski definition) is 1. The van der Waals surface area contributed by atoms with Crippen LogP contribution in [0.25, 0.3) is 0 Å². The van der Waals surface area contributed by atoms with Gasteiger partial charge in [0.2, 0.25) is 5.91 Å². The molecule has 0 aromatic rings. The summed E-state index contributed by atoms with van der Waals surface area (Å²) in [6, 6.07) is 0. The summed E-state index contributed by atoms with van der Waals surface area (Å²) in [7, 11) is 0. The molecule has 0 saturated heterocycles. The molecule has 80 valence electrons. The molecule has 1 aliphatic carbocycles. The van der Waals surface area contributed by atoms with E-state index in [1.165, 1.54) is 4.90 Å². The van der Waals surface area contributed by atoms with Crippen molar-refractivity contribution < 1.29 is 14.7 Å². The molecule has 0 spiro atoms. The Morgan fingerprint density at radius 2 is 2.07 bits per heavy atom. The number of allylic oxidation sites excluding steroid dienone is 2. The van der Waals surface area contributed by atoms with Gasteiger partial charge in [-0.2, -0.15) is 0 Å². The zero-order valence-electron chi connectivity index (χ0n) is 8.35. The fraction of sp³-hybridized carbons (Fsp3) is 0.455. The van der Waals surface area contributed by atoms with Crippen molar-refractivity contribution in [2.24, 2.45) is 5.92 Å². The smallest absolute Gasteiger partial charge is 0.323 e. The van der Waals surface area contributed by atoms with E-state index in [2.05, 4.69) is 5.92 Å². The number of carboxylic acid groups (broad SMARTS) is 1. The van der Waals surface area contributed by atoms with Gasteiger partial charge in [-0.25, -0.2) is 0 Å². The van der Waals surface area contributed by atoms with Crippen LogP contribution in [0.5, 0.6) is 0 Å². The van der Waals surface area contributed by atoms with Crippen molar-refractivity contribution in [1.82, 2.24) is 4.90 Å². The molecule has 0 aliphatic heterocycles. The van der Waals surface area contributed by atoms with E-state index in [1.54, 1.807) is 0 Å². The van der Waals surface area contributed by atoms with Crippen LogP contribution in [0.1, 0.15) is 12.8 Å². The summed E-state index contributed by atoms with van der Waals surface area (Å²) < 4.78 is 0. The van der Waals surface area contributed by atoms with Crippen LogP contribution in [0, 0.1) is 18.3 Å². The van der Waals surface area contributed by atoms with Crippen LogP contribution in [0.4, 0.5) is 0 Å². The van der Waals surface area contributed by atoms with Gasteiger partial charge in [-0.05, 0) is 12.8 Å². The van der Waals surface area contributed by atoms with E-state index in [-0.39, 0.29) is 24.9 Å². The largest absolute Gasteiger partial charge is 0.480 e. The van der Waals surface area contributed by atoms with Crippen molar-refractivity contribution in [2.45, 2.75) is 12.8 Å². The zero-order chi connectivity index (χ0) is 11.3. The monoisotopic (exact) mass is 207 g/mol. The molecule has 15 heavy (non-hydrogen) atoms. The van der Waals surface area contributed by atoms with Gasteiger partial charge in [-0.1, -0.05) is 18.1 Å². The van der Waals surface area contributed by atoms with Crippen molar-refractivity contribution >= 4 is 11.9 Å². The van der Waals surface area contributed by atoms with E-state index in [1.807, 2.05) is 12.2 Å². The Morgan fingerprint density at radius 3 is 2.53 bits per heavy atom. The predicted molar refractivity (Wildman–Crippen MR) is 54.9 cm³/mol. The van der Waals surface area contributed by atoms with Crippen LogP contribution < -0.4 is 0 Å². The lowest BCUT2D eigenvalue weighted by atomic mass is 10.1. The van der Waals surface area contributed by atoms with Crippen molar-refractivity contribution in [1.29, 1.82) is 0 Å². The highest BCUT2D eigenvalue weighted by Gasteiger charge is 2.25. The SMILES string of the molecule is C#CCN(CC(=O)O)C(=O)C1CC=CC1. The molecule has 0 aromatic heterocycles. The van der Waals surface area contributed by atoms with Crippen molar-refractivity contribution in [3.63, 3.8) is 0 Å². The van der Waals surface area contributed by atoms with E-state index in [0.29, 0.717) is 12.8 Å². The van der Waals surface area contributed by atoms with Gasteiger partial charge in [0, 0.05) is 5.92 Å². The summed E-state index contributed by atoms with van der Waals surface area (Å²) in [5.74, 6) is 0.968. The molecule has 1 amide bonds. The molecule has 0 radical (unpaired) electrons. The summed E-state index contributed by atoms with van der Waals surface area (Å²) in [5.41, 5.74) is 0. The number of carbonyl (C=O) groups excluding carboxylic acids is 1. The predicted octanol–water partition coefficient (Wildman–Crippen LogP) is 0.499. The standard InChI is InChI=1S/C11H13NO3/c1-2-7-12(8-10(13)14)11(15)9-5-3-4-6-9/h1,3-4,9H,5-8H2,(H,13,14). The van der Waals surface area contributed by atoms with Gasteiger partial charge in [0.05, 0.1) is 6.54 Å². The lowest BCUT2D eigenvalue weighted by molar-refractivity contribution is -0.145. The normalized spacial score (nSPS) is 14.9. The molecular formula is C11H13NO3. The second-order valence-electron chi connectivity index (χ2n) is 3.43. The molecule has 0 aromatic carbocycles. The van der Waals surface area contributed by atoms with Crippen LogP contribution in [0.15, 0.2) is 12.2 Å². The Hall–Kier alpha value is -1.76. The van der Waals surface area contributed by atoms with Crippen LogP contribution in [0.2, 0.25) is 0 Å². The van der Waals surface area contributed by atoms with Crippen molar-refractivity contribution in [3.05, 3.63) is 12.2 Å². The summed E-state index contributed by atoms with van der Waals surface area (Å²) in [4.78, 5) is 23.5. The van der Waals surface area contributed by atoms with Gasteiger partial charge in [0.25, 0.3) is 0 Å². The molecule has 1 N–H and O–H groups in total. The third kappa shape index (κ3) is 3.13. The lowest BCUT2D eigenvalue weighted by Crippen LogP contribution is -2.39. The molecular weight excluding hydrogens is 194 g/mol. The molecule has 4 heteroatoms. The first kappa shape index (κ1) is 11.3. The number of carbonyl (C=O) groups is 2. The fourth-order valence-electron chi connectivity index (χ4n) is 1.56. The third-order valence-corrected chi connectivity index (χ3v) is 2.28. The van der Waals surface area contributed by atoms with Gasteiger partial charge < -0.3 is 10.0 Å². The number of aliphatic carboxylic acids is 1. The Balaban J connectivity index is 2.58. The highest BCUT2D eigenvalue weighted by molar-refractivity contribution is 5.83. The molecule has 0 heterocycles. The highest BCUT2D eigenvalue weighted by Crippen LogP contribution is 2.20. The Labute approximate surface area is 88.6 Å². The second-order valence-corrected chi connectivity index (χ2v) is 3.43. The summed E-state index contributed by atoms with van der Waals surface area (Å²) in [5, 5.41) is 8.62. The molecule has 0 atom stereocenters. The summed E-state index contributed by atoms with van der Waals surface area (Å²) in [6.07, 6.45) is 10.3. The van der Waals surface area contributed by atoms with Crippen LogP contribution in [-0.4, -0.2) is 35.0 Å². The molecule has 0 unspecified atom stereocenters. The maximum absolute atomic E-state index is 11.8. The molecule has 0 fully saturated rings. The maximum atomic E-state index is 11.8. The van der Waals surface area contributed by atoms with Gasteiger partial charge in [0.15, 0.2) is 0 Å². The first-order valence-electron chi connectivity index (χ1n) is 4.74. The minimum absolute atomic E-state index is 0.0572. The summed E-state index contributed by atoms with van der Waals surface area (Å²) >= 11 is 0. The van der Waals surface area contributed by atoms with Gasteiger partial charge in [-0.3, -0.25) is 9.59 Å². The molecule has 0 saturated carbocycles. The minimum Gasteiger partial charge on any atom is -0.480 e. The fourth-order valence-corrected chi connectivity index (χ4v) is 1.56. The van der Waals surface area contributed by atoms with E-state index < -0.39 is 5.97 Å². The average Bonchev–Trinajstić information content (AvgIpc) is 2.68. The number of rotatable bonds is 4. The number of terminal acetylenes is 1. The van der Waals surface area contributed by atoms with Crippen LogP contribution in [-0.2, 0) is 9.59 Å². The average molecular weight is 207 g/mol.